The highest BCUT2D eigenvalue weighted by Gasteiger charge is 2.07. The minimum Gasteiger partial charge on any atom is -0.351 e. The first-order valence-electron chi connectivity index (χ1n) is 6.35. The molecule has 1 rings (SSSR count). The number of hydrogen-bond acceptors (Lipinski definition) is 3. The Balaban J connectivity index is 2.35. The van der Waals surface area contributed by atoms with Gasteiger partial charge >= 0.3 is 0 Å². The Kier molecular flexibility index (Phi) is 7.16. The van der Waals surface area contributed by atoms with Crippen LogP contribution in [0.1, 0.15) is 47.2 Å². The van der Waals surface area contributed by atoms with Crippen molar-refractivity contribution in [2.45, 2.75) is 32.6 Å². The summed E-state index contributed by atoms with van der Waals surface area (Å²) in [6, 6.07) is 3.67. The van der Waals surface area contributed by atoms with E-state index in [1.54, 1.807) is 0 Å². The van der Waals surface area contributed by atoms with E-state index in [1.807, 2.05) is 12.1 Å². The summed E-state index contributed by atoms with van der Waals surface area (Å²) in [5, 5.41) is 2.93. The van der Waals surface area contributed by atoms with Gasteiger partial charge in [0.15, 0.2) is 0 Å². The molecule has 1 heterocycles. The van der Waals surface area contributed by atoms with Gasteiger partial charge in [0, 0.05) is 6.54 Å². The molecular formula is C14H20N2OS. The zero-order valence-corrected chi connectivity index (χ0v) is 11.6. The van der Waals surface area contributed by atoms with Gasteiger partial charge in [-0.1, -0.05) is 38.0 Å². The second kappa shape index (κ2) is 8.73. The Hall–Kier alpha value is -1.31. The molecule has 98 valence electrons. The average Bonchev–Trinajstić information content (AvgIpc) is 2.84. The Bertz CT molecular complexity index is 428. The molecule has 0 aromatic carbocycles. The Morgan fingerprint density at radius 3 is 2.94 bits per heavy atom. The largest absolute Gasteiger partial charge is 0.351 e. The van der Waals surface area contributed by atoms with E-state index < -0.39 is 0 Å². The van der Waals surface area contributed by atoms with Crippen LogP contribution < -0.4 is 11.1 Å². The van der Waals surface area contributed by atoms with Crippen molar-refractivity contribution < 1.29 is 4.79 Å². The summed E-state index contributed by atoms with van der Waals surface area (Å²) in [5.74, 6) is 5.70. The molecule has 0 aliphatic rings. The maximum atomic E-state index is 11.8. The van der Waals surface area contributed by atoms with E-state index >= 15 is 0 Å². The van der Waals surface area contributed by atoms with Crippen molar-refractivity contribution in [1.82, 2.24) is 5.32 Å². The number of nitrogens with two attached hydrogens (primary N) is 1. The maximum Gasteiger partial charge on any atom is 0.261 e. The number of unbranched alkanes of at least 4 members (excludes halogenated alkanes) is 3. The van der Waals surface area contributed by atoms with Crippen LogP contribution in [0.2, 0.25) is 0 Å². The van der Waals surface area contributed by atoms with E-state index in [0.717, 1.165) is 17.8 Å². The molecule has 0 aliphatic heterocycles. The van der Waals surface area contributed by atoms with Gasteiger partial charge in [0.25, 0.3) is 5.91 Å². The number of carbonyl (C=O) groups excluding carboxylic acids is 1. The molecule has 1 aromatic heterocycles. The standard InChI is InChI=1S/C14H20N2OS/c1-2-3-4-5-11-16-14(17)13-9-8-12(18-13)7-6-10-15/h8-9H,2-5,10-11,15H2,1H3,(H,16,17). The summed E-state index contributed by atoms with van der Waals surface area (Å²) in [6.45, 7) is 3.27. The van der Waals surface area contributed by atoms with E-state index in [-0.39, 0.29) is 5.91 Å². The molecular weight excluding hydrogens is 244 g/mol. The first kappa shape index (κ1) is 14.7. The summed E-state index contributed by atoms with van der Waals surface area (Å²) in [4.78, 5) is 13.4. The highest BCUT2D eigenvalue weighted by Crippen LogP contribution is 2.15. The van der Waals surface area contributed by atoms with Gasteiger partial charge in [-0.3, -0.25) is 4.79 Å². The van der Waals surface area contributed by atoms with Crippen LogP contribution in [0.25, 0.3) is 0 Å². The molecule has 4 heteroatoms. The van der Waals surface area contributed by atoms with Crippen molar-refractivity contribution >= 4 is 17.2 Å². The van der Waals surface area contributed by atoms with Gasteiger partial charge in [-0.05, 0) is 18.6 Å². The predicted octanol–water partition coefficient (Wildman–Crippen LogP) is 2.37. The third kappa shape index (κ3) is 5.35. The zero-order chi connectivity index (χ0) is 13.2. The number of hydrogen-bond donors (Lipinski definition) is 2. The van der Waals surface area contributed by atoms with Crippen LogP contribution >= 0.6 is 11.3 Å². The van der Waals surface area contributed by atoms with E-state index in [9.17, 15) is 4.79 Å². The molecule has 0 spiro atoms. The molecule has 0 atom stereocenters. The van der Waals surface area contributed by atoms with Crippen LogP contribution in [0, 0.1) is 11.8 Å². The van der Waals surface area contributed by atoms with Crippen molar-refractivity contribution in [2.24, 2.45) is 5.73 Å². The fourth-order valence-electron chi connectivity index (χ4n) is 1.51. The van der Waals surface area contributed by atoms with Gasteiger partial charge in [0.05, 0.1) is 16.3 Å². The van der Waals surface area contributed by atoms with Crippen LogP contribution in [0.4, 0.5) is 0 Å². The Labute approximate surface area is 113 Å². The topological polar surface area (TPSA) is 55.1 Å². The monoisotopic (exact) mass is 264 g/mol. The molecule has 0 radical (unpaired) electrons. The summed E-state index contributed by atoms with van der Waals surface area (Å²) in [6.07, 6.45) is 4.66. The second-order valence-electron chi connectivity index (χ2n) is 3.99. The van der Waals surface area contributed by atoms with Crippen molar-refractivity contribution in [3.63, 3.8) is 0 Å². The molecule has 3 nitrogen and oxygen atoms in total. The molecule has 18 heavy (non-hydrogen) atoms. The fraction of sp³-hybridized carbons (Fsp3) is 0.500. The fourth-order valence-corrected chi connectivity index (χ4v) is 2.30. The molecule has 1 amide bonds. The van der Waals surface area contributed by atoms with E-state index in [4.69, 9.17) is 5.73 Å². The second-order valence-corrected chi connectivity index (χ2v) is 5.07. The van der Waals surface area contributed by atoms with Crippen molar-refractivity contribution in [3.8, 4) is 11.8 Å². The normalized spacial score (nSPS) is 9.67. The van der Waals surface area contributed by atoms with Gasteiger partial charge in [-0.25, -0.2) is 0 Å². The lowest BCUT2D eigenvalue weighted by atomic mass is 10.2. The SMILES string of the molecule is CCCCCCNC(=O)c1ccc(C#CCN)s1. The third-order valence-electron chi connectivity index (χ3n) is 2.46. The lowest BCUT2D eigenvalue weighted by Gasteiger charge is -2.02. The molecule has 0 saturated heterocycles. The summed E-state index contributed by atoms with van der Waals surface area (Å²) in [7, 11) is 0. The lowest BCUT2D eigenvalue weighted by Crippen LogP contribution is -2.23. The maximum absolute atomic E-state index is 11.8. The van der Waals surface area contributed by atoms with E-state index in [0.29, 0.717) is 11.4 Å². The summed E-state index contributed by atoms with van der Waals surface area (Å²) < 4.78 is 0. The predicted molar refractivity (Wildman–Crippen MR) is 76.7 cm³/mol. The van der Waals surface area contributed by atoms with Gasteiger partial charge in [-0.2, -0.15) is 0 Å². The number of carbonyl (C=O) groups is 1. The van der Waals surface area contributed by atoms with Crippen LogP contribution in [0.3, 0.4) is 0 Å². The van der Waals surface area contributed by atoms with Gasteiger partial charge in [0.2, 0.25) is 0 Å². The minimum atomic E-state index is -0.00250. The van der Waals surface area contributed by atoms with Gasteiger partial charge < -0.3 is 11.1 Å². The van der Waals surface area contributed by atoms with Crippen LogP contribution in [0.15, 0.2) is 12.1 Å². The van der Waals surface area contributed by atoms with Crippen LogP contribution in [-0.4, -0.2) is 19.0 Å². The smallest absolute Gasteiger partial charge is 0.261 e. The van der Waals surface area contributed by atoms with E-state index in [1.165, 1.54) is 30.6 Å². The first-order valence-corrected chi connectivity index (χ1v) is 7.16. The number of rotatable bonds is 6. The molecule has 0 saturated carbocycles. The molecule has 0 aliphatic carbocycles. The highest BCUT2D eigenvalue weighted by molar-refractivity contribution is 7.14. The minimum absolute atomic E-state index is 0.00250. The molecule has 0 fully saturated rings. The molecule has 1 aromatic rings. The molecule has 0 unspecified atom stereocenters. The number of thiophene rings is 1. The van der Waals surface area contributed by atoms with Crippen LogP contribution in [0.5, 0.6) is 0 Å². The molecule has 3 N–H and O–H groups in total. The van der Waals surface area contributed by atoms with Gasteiger partial charge in [0.1, 0.15) is 0 Å². The Morgan fingerprint density at radius 2 is 2.22 bits per heavy atom. The van der Waals surface area contributed by atoms with Crippen LogP contribution in [-0.2, 0) is 0 Å². The third-order valence-corrected chi connectivity index (χ3v) is 3.46. The highest BCUT2D eigenvalue weighted by atomic mass is 32.1. The summed E-state index contributed by atoms with van der Waals surface area (Å²) in [5.41, 5.74) is 5.30. The average molecular weight is 264 g/mol. The van der Waals surface area contributed by atoms with Crippen molar-refractivity contribution in [2.75, 3.05) is 13.1 Å². The van der Waals surface area contributed by atoms with Gasteiger partial charge in [-0.15, -0.1) is 11.3 Å². The first-order chi connectivity index (χ1) is 8.77. The van der Waals surface area contributed by atoms with E-state index in [2.05, 4.69) is 24.1 Å². The lowest BCUT2D eigenvalue weighted by molar-refractivity contribution is 0.0957. The molecule has 0 bridgehead atoms. The number of nitrogens with one attached hydrogen (secondary N) is 1. The quantitative estimate of drug-likeness (QED) is 0.612. The zero-order valence-electron chi connectivity index (χ0n) is 10.8. The Morgan fingerprint density at radius 1 is 1.39 bits per heavy atom. The summed E-state index contributed by atoms with van der Waals surface area (Å²) >= 11 is 1.41. The van der Waals surface area contributed by atoms with Crippen molar-refractivity contribution in [1.29, 1.82) is 0 Å². The number of amides is 1. The van der Waals surface area contributed by atoms with Crippen molar-refractivity contribution in [3.05, 3.63) is 21.9 Å².